The summed E-state index contributed by atoms with van der Waals surface area (Å²) in [6.45, 7) is 1.87. The van der Waals surface area contributed by atoms with Crippen LogP contribution in [0.5, 0.6) is 11.5 Å². The highest BCUT2D eigenvalue weighted by Gasteiger charge is 2.22. The van der Waals surface area contributed by atoms with E-state index in [2.05, 4.69) is 15.1 Å². The molecular weight excluding hydrogens is 282 g/mol. The van der Waals surface area contributed by atoms with Crippen LogP contribution in [-0.2, 0) is 0 Å². The molecule has 6 nitrogen and oxygen atoms in total. The Morgan fingerprint density at radius 2 is 1.95 bits per heavy atom. The fourth-order valence-corrected chi connectivity index (χ4v) is 2.93. The highest BCUT2D eigenvalue weighted by molar-refractivity contribution is 5.83. The lowest BCUT2D eigenvalue weighted by Gasteiger charge is -2.21. The van der Waals surface area contributed by atoms with Crippen molar-refractivity contribution >= 4 is 5.69 Å². The molecule has 1 aromatic carbocycles. The van der Waals surface area contributed by atoms with Crippen LogP contribution in [0.3, 0.4) is 0 Å². The van der Waals surface area contributed by atoms with Gasteiger partial charge in [-0.05, 0) is 18.9 Å². The normalized spacial score (nSPS) is 14.2. The number of aromatic nitrogens is 2. The maximum absolute atomic E-state index is 12.4. The lowest BCUT2D eigenvalue weighted by Crippen LogP contribution is -2.23. The maximum atomic E-state index is 12.4. The molecule has 1 aliphatic rings. The van der Waals surface area contributed by atoms with E-state index in [0.29, 0.717) is 22.6 Å². The fourth-order valence-electron chi connectivity index (χ4n) is 2.93. The number of nitrogens with zero attached hydrogens (tertiary/aromatic N) is 2. The molecule has 116 valence electrons. The van der Waals surface area contributed by atoms with Gasteiger partial charge in [0.2, 0.25) is 0 Å². The van der Waals surface area contributed by atoms with E-state index in [4.69, 9.17) is 9.47 Å². The third-order valence-electron chi connectivity index (χ3n) is 3.96. The largest absolute Gasteiger partial charge is 0.493 e. The van der Waals surface area contributed by atoms with Crippen molar-refractivity contribution < 1.29 is 9.47 Å². The van der Waals surface area contributed by atoms with Crippen molar-refractivity contribution in [2.75, 3.05) is 32.2 Å². The van der Waals surface area contributed by atoms with Crippen molar-refractivity contribution in [1.82, 2.24) is 10.2 Å². The zero-order valence-corrected chi connectivity index (χ0v) is 12.8. The first-order valence-corrected chi connectivity index (χ1v) is 7.30. The molecule has 0 atom stereocenters. The second kappa shape index (κ2) is 6.09. The van der Waals surface area contributed by atoms with Gasteiger partial charge >= 0.3 is 0 Å². The topological polar surface area (TPSA) is 67.5 Å². The minimum Gasteiger partial charge on any atom is -0.493 e. The molecule has 0 spiro atoms. The average Bonchev–Trinajstić information content (AvgIpc) is 3.08. The van der Waals surface area contributed by atoms with Crippen LogP contribution < -0.4 is 19.9 Å². The molecule has 0 bridgehead atoms. The molecule has 1 N–H and O–H groups in total. The number of para-hydroxylation sites is 1. The van der Waals surface area contributed by atoms with Crippen molar-refractivity contribution in [3.63, 3.8) is 0 Å². The summed E-state index contributed by atoms with van der Waals surface area (Å²) in [5.74, 6) is 1.16. The molecule has 22 heavy (non-hydrogen) atoms. The number of hydrogen-bond donors (Lipinski definition) is 1. The van der Waals surface area contributed by atoms with Crippen LogP contribution >= 0.6 is 0 Å². The zero-order chi connectivity index (χ0) is 15.5. The SMILES string of the molecule is COc1cccc(-c2c(N3CCCC3)cn[nH]c2=O)c1OC. The lowest BCUT2D eigenvalue weighted by atomic mass is 10.0. The summed E-state index contributed by atoms with van der Waals surface area (Å²) in [4.78, 5) is 14.6. The predicted molar refractivity (Wildman–Crippen MR) is 84.8 cm³/mol. The van der Waals surface area contributed by atoms with Crippen molar-refractivity contribution in [3.8, 4) is 22.6 Å². The summed E-state index contributed by atoms with van der Waals surface area (Å²) in [5, 5.41) is 6.48. The molecule has 2 heterocycles. The molecule has 3 rings (SSSR count). The minimum absolute atomic E-state index is 0.226. The Morgan fingerprint density at radius 1 is 1.18 bits per heavy atom. The van der Waals surface area contributed by atoms with E-state index >= 15 is 0 Å². The number of ether oxygens (including phenoxy) is 2. The standard InChI is InChI=1S/C16H19N3O3/c1-21-13-7-5-6-11(15(13)22-2)14-12(10-17-18-16(14)20)19-8-3-4-9-19/h5-7,10H,3-4,8-9H2,1-2H3,(H,18,20). The van der Waals surface area contributed by atoms with Crippen molar-refractivity contribution in [3.05, 3.63) is 34.7 Å². The molecular formula is C16H19N3O3. The van der Waals surface area contributed by atoms with E-state index in [0.717, 1.165) is 31.6 Å². The monoisotopic (exact) mass is 301 g/mol. The maximum Gasteiger partial charge on any atom is 0.274 e. The van der Waals surface area contributed by atoms with Crippen LogP contribution in [0.2, 0.25) is 0 Å². The van der Waals surface area contributed by atoms with Gasteiger partial charge in [0.05, 0.1) is 31.7 Å². The smallest absolute Gasteiger partial charge is 0.274 e. The Kier molecular flexibility index (Phi) is 4.00. The number of anilines is 1. The molecule has 6 heteroatoms. The molecule has 1 aromatic heterocycles. The van der Waals surface area contributed by atoms with E-state index in [1.165, 1.54) is 0 Å². The van der Waals surface area contributed by atoms with Gasteiger partial charge in [0, 0.05) is 18.7 Å². The zero-order valence-electron chi connectivity index (χ0n) is 12.8. The molecule has 0 amide bonds. The molecule has 1 fully saturated rings. The number of H-pyrrole nitrogens is 1. The number of nitrogens with one attached hydrogen (secondary N) is 1. The van der Waals surface area contributed by atoms with Gasteiger partial charge in [0.1, 0.15) is 0 Å². The second-order valence-electron chi connectivity index (χ2n) is 5.19. The Labute approximate surface area is 128 Å². The Bertz CT molecular complexity index is 721. The van der Waals surface area contributed by atoms with Crippen molar-refractivity contribution in [2.24, 2.45) is 0 Å². The van der Waals surface area contributed by atoms with Gasteiger partial charge in [0.25, 0.3) is 5.56 Å². The van der Waals surface area contributed by atoms with E-state index in [1.807, 2.05) is 18.2 Å². The van der Waals surface area contributed by atoms with Gasteiger partial charge < -0.3 is 14.4 Å². The number of aromatic amines is 1. The van der Waals surface area contributed by atoms with Crippen LogP contribution in [0, 0.1) is 0 Å². The van der Waals surface area contributed by atoms with Crippen LogP contribution in [0.15, 0.2) is 29.2 Å². The van der Waals surface area contributed by atoms with E-state index < -0.39 is 0 Å². The molecule has 1 aliphatic heterocycles. The van der Waals surface area contributed by atoms with Crippen molar-refractivity contribution in [2.45, 2.75) is 12.8 Å². The average molecular weight is 301 g/mol. The predicted octanol–water partition coefficient (Wildman–Crippen LogP) is 2.05. The van der Waals surface area contributed by atoms with Crippen LogP contribution in [-0.4, -0.2) is 37.5 Å². The highest BCUT2D eigenvalue weighted by atomic mass is 16.5. The molecule has 2 aromatic rings. The van der Waals surface area contributed by atoms with Gasteiger partial charge in [0.15, 0.2) is 11.5 Å². The van der Waals surface area contributed by atoms with Gasteiger partial charge in [-0.25, -0.2) is 5.10 Å². The minimum atomic E-state index is -0.226. The van der Waals surface area contributed by atoms with Crippen LogP contribution in [0.25, 0.3) is 11.1 Å². The van der Waals surface area contributed by atoms with Gasteiger partial charge in [-0.2, -0.15) is 5.10 Å². The molecule has 0 aliphatic carbocycles. The fraction of sp³-hybridized carbons (Fsp3) is 0.375. The van der Waals surface area contributed by atoms with Gasteiger partial charge in [-0.1, -0.05) is 12.1 Å². The summed E-state index contributed by atoms with van der Waals surface area (Å²) in [7, 11) is 3.16. The Balaban J connectivity index is 2.22. The molecule has 1 saturated heterocycles. The molecule has 0 unspecified atom stereocenters. The van der Waals surface area contributed by atoms with Crippen LogP contribution in [0.1, 0.15) is 12.8 Å². The highest BCUT2D eigenvalue weighted by Crippen LogP contribution is 2.40. The summed E-state index contributed by atoms with van der Waals surface area (Å²) >= 11 is 0. The number of methoxy groups -OCH3 is 2. The van der Waals surface area contributed by atoms with E-state index in [9.17, 15) is 4.79 Å². The summed E-state index contributed by atoms with van der Waals surface area (Å²) in [6.07, 6.45) is 3.96. The quantitative estimate of drug-likeness (QED) is 0.936. The van der Waals surface area contributed by atoms with Crippen molar-refractivity contribution in [1.29, 1.82) is 0 Å². The van der Waals surface area contributed by atoms with Gasteiger partial charge in [-0.15, -0.1) is 0 Å². The first kappa shape index (κ1) is 14.4. The second-order valence-corrected chi connectivity index (χ2v) is 5.19. The Morgan fingerprint density at radius 3 is 2.64 bits per heavy atom. The van der Waals surface area contributed by atoms with Crippen LogP contribution in [0.4, 0.5) is 5.69 Å². The third-order valence-corrected chi connectivity index (χ3v) is 3.96. The summed E-state index contributed by atoms with van der Waals surface area (Å²) < 4.78 is 10.8. The first-order chi connectivity index (χ1) is 10.8. The first-order valence-electron chi connectivity index (χ1n) is 7.30. The number of rotatable bonds is 4. The number of hydrogen-bond acceptors (Lipinski definition) is 5. The molecule has 0 saturated carbocycles. The summed E-state index contributed by atoms with van der Waals surface area (Å²) in [6, 6.07) is 5.53. The number of benzene rings is 1. The van der Waals surface area contributed by atoms with E-state index in [1.54, 1.807) is 20.4 Å². The third kappa shape index (κ3) is 2.41. The summed E-state index contributed by atoms with van der Waals surface area (Å²) in [5.41, 5.74) is 1.91. The Hall–Kier alpha value is -2.50. The van der Waals surface area contributed by atoms with Gasteiger partial charge in [-0.3, -0.25) is 4.79 Å². The van der Waals surface area contributed by atoms with E-state index in [-0.39, 0.29) is 5.56 Å². The molecule has 0 radical (unpaired) electrons. The lowest BCUT2D eigenvalue weighted by molar-refractivity contribution is 0.356.